The van der Waals surface area contributed by atoms with E-state index >= 15 is 0 Å². The van der Waals surface area contributed by atoms with Crippen molar-refractivity contribution in [2.24, 2.45) is 35.5 Å². The molecule has 3 fully saturated rings. The van der Waals surface area contributed by atoms with E-state index in [9.17, 15) is 9.59 Å². The van der Waals surface area contributed by atoms with Crippen LogP contribution in [0.4, 0.5) is 0 Å². The largest absolute Gasteiger partial charge is 0.465 e. The maximum absolute atomic E-state index is 12.7. The molecule has 0 amide bonds. The van der Waals surface area contributed by atoms with Crippen LogP contribution in [0.5, 0.6) is 0 Å². The number of ether oxygens (including phenoxy) is 1. The fraction of sp³-hybridized carbons (Fsp3) is 0.929. The highest BCUT2D eigenvalue weighted by molar-refractivity contribution is 5.99. The molecule has 178 valence electrons. The predicted molar refractivity (Wildman–Crippen MR) is 127 cm³/mol. The highest BCUT2D eigenvalue weighted by atomic mass is 16.5. The minimum atomic E-state index is -0.475. The lowest BCUT2D eigenvalue weighted by atomic mass is 9.64. The number of unbranched alkanes of at least 4 members (excludes halogenated alkanes) is 3. The van der Waals surface area contributed by atoms with Crippen molar-refractivity contribution in [3.63, 3.8) is 0 Å². The second kappa shape index (κ2) is 13.0. The van der Waals surface area contributed by atoms with Crippen molar-refractivity contribution in [3.05, 3.63) is 0 Å². The molecule has 0 aromatic heterocycles. The molecule has 2 unspecified atom stereocenters. The molecule has 0 aliphatic heterocycles. The van der Waals surface area contributed by atoms with E-state index in [1.54, 1.807) is 0 Å². The van der Waals surface area contributed by atoms with Gasteiger partial charge in [-0.05, 0) is 87.4 Å². The van der Waals surface area contributed by atoms with E-state index < -0.39 is 5.92 Å². The van der Waals surface area contributed by atoms with Gasteiger partial charge in [-0.2, -0.15) is 0 Å². The van der Waals surface area contributed by atoms with Gasteiger partial charge in [-0.1, -0.05) is 58.8 Å². The van der Waals surface area contributed by atoms with E-state index in [4.69, 9.17) is 4.74 Å². The van der Waals surface area contributed by atoms with Gasteiger partial charge >= 0.3 is 5.97 Å². The first kappa shape index (κ1) is 24.8. The molecule has 0 heterocycles. The van der Waals surface area contributed by atoms with Gasteiger partial charge in [0, 0.05) is 6.42 Å². The van der Waals surface area contributed by atoms with E-state index in [0.717, 1.165) is 43.4 Å². The third-order valence-electron chi connectivity index (χ3n) is 8.96. The normalized spacial score (nSPS) is 34.5. The molecule has 0 radical (unpaired) electrons. The van der Waals surface area contributed by atoms with Crippen molar-refractivity contribution in [1.29, 1.82) is 0 Å². The molecular formula is C28H48O3. The summed E-state index contributed by atoms with van der Waals surface area (Å²) in [5, 5.41) is 0. The molecule has 0 bridgehead atoms. The van der Waals surface area contributed by atoms with Crippen molar-refractivity contribution in [2.75, 3.05) is 6.61 Å². The maximum atomic E-state index is 12.7. The molecule has 0 aromatic carbocycles. The Hall–Kier alpha value is -0.860. The lowest BCUT2D eigenvalue weighted by Gasteiger charge is -2.41. The number of ketones is 1. The van der Waals surface area contributed by atoms with Crippen LogP contribution in [0, 0.1) is 35.5 Å². The van der Waals surface area contributed by atoms with E-state index in [0.29, 0.717) is 24.9 Å². The Bertz CT molecular complexity index is 540. The fourth-order valence-electron chi connectivity index (χ4n) is 6.83. The molecule has 3 heteroatoms. The first-order chi connectivity index (χ1) is 15.1. The highest BCUT2D eigenvalue weighted by Gasteiger charge is 2.39. The molecule has 3 nitrogen and oxygen atoms in total. The van der Waals surface area contributed by atoms with Crippen LogP contribution < -0.4 is 0 Å². The summed E-state index contributed by atoms with van der Waals surface area (Å²) in [6.45, 7) is 4.85. The summed E-state index contributed by atoms with van der Waals surface area (Å²) < 4.78 is 5.33. The Balaban J connectivity index is 1.35. The molecule has 3 aliphatic carbocycles. The summed E-state index contributed by atoms with van der Waals surface area (Å²) in [5.74, 6) is 3.57. The summed E-state index contributed by atoms with van der Waals surface area (Å²) in [4.78, 5) is 24.9. The molecule has 31 heavy (non-hydrogen) atoms. The number of Topliss-reactive ketones (excluding diaryl/α,β-unsaturated/α-hetero) is 1. The van der Waals surface area contributed by atoms with Gasteiger partial charge < -0.3 is 4.74 Å². The lowest BCUT2D eigenvalue weighted by molar-refractivity contribution is -0.154. The Morgan fingerprint density at radius 3 is 1.87 bits per heavy atom. The molecule has 3 aliphatic rings. The number of esters is 1. The first-order valence-corrected chi connectivity index (χ1v) is 13.8. The van der Waals surface area contributed by atoms with Crippen LogP contribution in [0.1, 0.15) is 123 Å². The molecule has 0 N–H and O–H groups in total. The van der Waals surface area contributed by atoms with E-state index in [1.165, 1.54) is 77.0 Å². The van der Waals surface area contributed by atoms with Gasteiger partial charge in [0.15, 0.2) is 0 Å². The first-order valence-electron chi connectivity index (χ1n) is 13.8. The number of carbonyl (C=O) groups is 2. The number of carbonyl (C=O) groups excluding carboxylic acids is 2. The molecule has 3 saturated carbocycles. The monoisotopic (exact) mass is 432 g/mol. The Morgan fingerprint density at radius 2 is 1.29 bits per heavy atom. The third kappa shape index (κ3) is 7.32. The number of hydrogen-bond acceptors (Lipinski definition) is 3. The summed E-state index contributed by atoms with van der Waals surface area (Å²) >= 11 is 0. The summed E-state index contributed by atoms with van der Waals surface area (Å²) in [6.07, 6.45) is 21.2. The van der Waals surface area contributed by atoms with Crippen LogP contribution in [0.3, 0.4) is 0 Å². The zero-order valence-electron chi connectivity index (χ0n) is 20.4. The Kier molecular flexibility index (Phi) is 10.4. The predicted octanol–water partition coefficient (Wildman–Crippen LogP) is 7.51. The third-order valence-corrected chi connectivity index (χ3v) is 8.96. The van der Waals surface area contributed by atoms with E-state index in [2.05, 4.69) is 13.8 Å². The number of rotatable bonds is 10. The summed E-state index contributed by atoms with van der Waals surface area (Å²) in [5.41, 5.74) is 0. The zero-order chi connectivity index (χ0) is 22.1. The quantitative estimate of drug-likeness (QED) is 0.204. The van der Waals surface area contributed by atoms with Crippen molar-refractivity contribution in [2.45, 2.75) is 123 Å². The molecule has 0 saturated heterocycles. The Labute approximate surface area is 191 Å². The van der Waals surface area contributed by atoms with Crippen molar-refractivity contribution in [1.82, 2.24) is 0 Å². The molecular weight excluding hydrogens is 384 g/mol. The fourth-order valence-corrected chi connectivity index (χ4v) is 6.83. The van der Waals surface area contributed by atoms with Gasteiger partial charge in [0.2, 0.25) is 0 Å². The summed E-state index contributed by atoms with van der Waals surface area (Å²) in [6, 6.07) is 0. The van der Waals surface area contributed by atoms with Crippen molar-refractivity contribution in [3.8, 4) is 0 Å². The van der Waals surface area contributed by atoms with Crippen molar-refractivity contribution >= 4 is 11.8 Å². The van der Waals surface area contributed by atoms with Gasteiger partial charge in [0.1, 0.15) is 11.7 Å². The summed E-state index contributed by atoms with van der Waals surface area (Å²) in [7, 11) is 0. The second-order valence-electron chi connectivity index (χ2n) is 11.0. The SMILES string of the molecule is CCCCC[C@H]1CC[C@H](C2CCC(C3CCC(C(=O)OCCCC)C(=O)C3)CC2)CC1. The second-order valence-corrected chi connectivity index (χ2v) is 11.0. The minimum Gasteiger partial charge on any atom is -0.465 e. The van der Waals surface area contributed by atoms with Crippen LogP contribution in [0.2, 0.25) is 0 Å². The van der Waals surface area contributed by atoms with Gasteiger partial charge in [-0.25, -0.2) is 0 Å². The van der Waals surface area contributed by atoms with Crippen LogP contribution in [0.25, 0.3) is 0 Å². The number of hydrogen-bond donors (Lipinski definition) is 0. The van der Waals surface area contributed by atoms with Gasteiger partial charge in [-0.15, -0.1) is 0 Å². The van der Waals surface area contributed by atoms with Gasteiger partial charge in [0.25, 0.3) is 0 Å². The van der Waals surface area contributed by atoms with Crippen LogP contribution >= 0.6 is 0 Å². The topological polar surface area (TPSA) is 43.4 Å². The van der Waals surface area contributed by atoms with E-state index in [-0.39, 0.29) is 11.8 Å². The van der Waals surface area contributed by atoms with E-state index in [1.807, 2.05) is 0 Å². The molecule has 2 atom stereocenters. The van der Waals surface area contributed by atoms with Crippen LogP contribution in [0.15, 0.2) is 0 Å². The van der Waals surface area contributed by atoms with Gasteiger partial charge in [-0.3, -0.25) is 9.59 Å². The maximum Gasteiger partial charge on any atom is 0.316 e. The highest BCUT2D eigenvalue weighted by Crippen LogP contribution is 2.46. The lowest BCUT2D eigenvalue weighted by Crippen LogP contribution is -2.36. The van der Waals surface area contributed by atoms with Crippen LogP contribution in [-0.2, 0) is 14.3 Å². The average molecular weight is 433 g/mol. The average Bonchev–Trinajstić information content (AvgIpc) is 2.80. The zero-order valence-corrected chi connectivity index (χ0v) is 20.4. The molecule has 0 aromatic rings. The van der Waals surface area contributed by atoms with Crippen LogP contribution in [-0.4, -0.2) is 18.4 Å². The minimum absolute atomic E-state index is 0.154. The molecule has 0 spiro atoms. The molecule has 3 rings (SSSR count). The van der Waals surface area contributed by atoms with Gasteiger partial charge in [0.05, 0.1) is 6.61 Å². The van der Waals surface area contributed by atoms with Crippen molar-refractivity contribution < 1.29 is 14.3 Å². The standard InChI is InChI=1S/C28H48O3/c1-3-5-7-8-21-9-11-22(12-10-21)23-13-15-24(16-14-23)25-17-18-26(27(29)20-25)28(30)31-19-6-4-2/h21-26H,3-20H2,1-2H3/t21-,22-,23?,24?,25?,26?. The smallest absolute Gasteiger partial charge is 0.316 e. The Morgan fingerprint density at radius 1 is 0.742 bits per heavy atom.